The normalized spacial score (nSPS) is 20.4. The molecule has 2 rings (SSSR count). The van der Waals surface area contributed by atoms with E-state index in [4.69, 9.17) is 4.74 Å². The number of aryl methyl sites for hydroxylation is 1. The van der Waals surface area contributed by atoms with Crippen LogP contribution < -0.4 is 0 Å². The van der Waals surface area contributed by atoms with Crippen LogP contribution in [0, 0.1) is 6.92 Å². The van der Waals surface area contributed by atoms with Gasteiger partial charge in [0.05, 0.1) is 24.8 Å². The summed E-state index contributed by atoms with van der Waals surface area (Å²) < 4.78 is 6.20. The van der Waals surface area contributed by atoms with E-state index in [0.29, 0.717) is 19.8 Å². The first kappa shape index (κ1) is 12.6. The number of benzene rings is 1. The summed E-state index contributed by atoms with van der Waals surface area (Å²) in [7, 11) is 0. The third-order valence-electron chi connectivity index (χ3n) is 2.98. The number of halogens is 1. The molecule has 4 heteroatoms. The first-order valence-corrected chi connectivity index (χ1v) is 6.54. The summed E-state index contributed by atoms with van der Waals surface area (Å²) in [4.78, 5) is 14.3. The summed E-state index contributed by atoms with van der Waals surface area (Å²) in [6.45, 7) is 5.94. The largest absolute Gasteiger partial charge is 0.377 e. The topological polar surface area (TPSA) is 29.5 Å². The van der Waals surface area contributed by atoms with Crippen LogP contribution in [0.3, 0.4) is 0 Å². The van der Waals surface area contributed by atoms with Crippen LogP contribution in [0.25, 0.3) is 0 Å². The standard InChI is InChI=1S/C13H16BrNO2/c1-9-3-4-11(12(14)7-9)13(16)15-5-6-17-8-10(15)2/h3-4,7,10H,5-6,8H2,1-2H3. The minimum atomic E-state index is 0.0766. The van der Waals surface area contributed by atoms with Crippen molar-refractivity contribution in [2.75, 3.05) is 19.8 Å². The van der Waals surface area contributed by atoms with Gasteiger partial charge in [-0.15, -0.1) is 0 Å². The Labute approximate surface area is 110 Å². The number of nitrogens with zero attached hydrogens (tertiary/aromatic N) is 1. The Hall–Kier alpha value is -0.870. The number of carbonyl (C=O) groups is 1. The predicted molar refractivity (Wildman–Crippen MR) is 70.2 cm³/mol. The van der Waals surface area contributed by atoms with Crippen LogP contribution in [0.2, 0.25) is 0 Å². The average Bonchev–Trinajstić information content (AvgIpc) is 2.29. The fraction of sp³-hybridized carbons (Fsp3) is 0.462. The first-order chi connectivity index (χ1) is 8.09. The van der Waals surface area contributed by atoms with Crippen LogP contribution in [0.4, 0.5) is 0 Å². The molecule has 1 aromatic carbocycles. The quantitative estimate of drug-likeness (QED) is 0.797. The number of carbonyl (C=O) groups excluding carboxylic acids is 1. The summed E-state index contributed by atoms with van der Waals surface area (Å²) in [5.41, 5.74) is 1.87. The third-order valence-corrected chi connectivity index (χ3v) is 3.64. The maximum atomic E-state index is 12.4. The molecule has 3 nitrogen and oxygen atoms in total. The molecule has 0 radical (unpaired) electrons. The second kappa shape index (κ2) is 5.19. The lowest BCUT2D eigenvalue weighted by Gasteiger charge is -2.33. The van der Waals surface area contributed by atoms with Crippen LogP contribution >= 0.6 is 15.9 Å². The van der Waals surface area contributed by atoms with Crippen molar-refractivity contribution in [3.63, 3.8) is 0 Å². The van der Waals surface area contributed by atoms with Gasteiger partial charge in [-0.05, 0) is 47.5 Å². The Morgan fingerprint density at radius 1 is 1.53 bits per heavy atom. The number of amides is 1. The SMILES string of the molecule is Cc1ccc(C(=O)N2CCOCC2C)c(Br)c1. The molecule has 92 valence electrons. The number of hydrogen-bond acceptors (Lipinski definition) is 2. The molecule has 1 unspecified atom stereocenters. The van der Waals surface area contributed by atoms with Crippen molar-refractivity contribution < 1.29 is 9.53 Å². The van der Waals surface area contributed by atoms with Gasteiger partial charge in [-0.3, -0.25) is 4.79 Å². The van der Waals surface area contributed by atoms with Crippen molar-refractivity contribution in [3.8, 4) is 0 Å². The smallest absolute Gasteiger partial charge is 0.255 e. The zero-order chi connectivity index (χ0) is 12.4. The third kappa shape index (κ3) is 2.69. The van der Waals surface area contributed by atoms with Crippen molar-refractivity contribution in [3.05, 3.63) is 33.8 Å². The Bertz CT molecular complexity index is 433. The Morgan fingerprint density at radius 3 is 2.94 bits per heavy atom. The summed E-state index contributed by atoms with van der Waals surface area (Å²) >= 11 is 3.46. The minimum absolute atomic E-state index is 0.0766. The molecule has 0 spiro atoms. The number of rotatable bonds is 1. The van der Waals surface area contributed by atoms with E-state index < -0.39 is 0 Å². The van der Waals surface area contributed by atoms with E-state index in [1.807, 2.05) is 36.9 Å². The molecule has 1 fully saturated rings. The molecular formula is C13H16BrNO2. The van der Waals surface area contributed by atoms with Crippen molar-refractivity contribution >= 4 is 21.8 Å². The van der Waals surface area contributed by atoms with Gasteiger partial charge in [0.1, 0.15) is 0 Å². The fourth-order valence-corrected chi connectivity index (χ4v) is 2.64. The van der Waals surface area contributed by atoms with Crippen molar-refractivity contribution in [1.29, 1.82) is 0 Å². The Kier molecular flexibility index (Phi) is 3.84. The van der Waals surface area contributed by atoms with Crippen LogP contribution in [-0.2, 0) is 4.74 Å². The Balaban J connectivity index is 2.24. The van der Waals surface area contributed by atoms with Gasteiger partial charge in [0.15, 0.2) is 0 Å². The summed E-state index contributed by atoms with van der Waals surface area (Å²) in [5.74, 6) is 0.0766. The minimum Gasteiger partial charge on any atom is -0.377 e. The Morgan fingerprint density at radius 2 is 2.29 bits per heavy atom. The molecule has 1 atom stereocenters. The molecule has 1 saturated heterocycles. The highest BCUT2D eigenvalue weighted by Gasteiger charge is 2.25. The molecular weight excluding hydrogens is 282 g/mol. The van der Waals surface area contributed by atoms with Gasteiger partial charge >= 0.3 is 0 Å². The zero-order valence-corrected chi connectivity index (χ0v) is 11.7. The van der Waals surface area contributed by atoms with E-state index in [9.17, 15) is 4.79 Å². The molecule has 1 aliphatic heterocycles. The lowest BCUT2D eigenvalue weighted by Crippen LogP contribution is -2.47. The fourth-order valence-electron chi connectivity index (χ4n) is 1.98. The maximum Gasteiger partial charge on any atom is 0.255 e. The molecule has 0 saturated carbocycles. The molecule has 0 aromatic heterocycles. The van der Waals surface area contributed by atoms with E-state index in [1.165, 1.54) is 0 Å². The lowest BCUT2D eigenvalue weighted by atomic mass is 10.1. The van der Waals surface area contributed by atoms with Crippen LogP contribution in [0.1, 0.15) is 22.8 Å². The highest BCUT2D eigenvalue weighted by molar-refractivity contribution is 9.10. The van der Waals surface area contributed by atoms with Gasteiger partial charge in [0.2, 0.25) is 0 Å². The summed E-state index contributed by atoms with van der Waals surface area (Å²) in [6, 6.07) is 5.95. The monoisotopic (exact) mass is 297 g/mol. The van der Waals surface area contributed by atoms with E-state index in [1.54, 1.807) is 0 Å². The van der Waals surface area contributed by atoms with Gasteiger partial charge in [0.25, 0.3) is 5.91 Å². The van der Waals surface area contributed by atoms with E-state index in [2.05, 4.69) is 15.9 Å². The molecule has 1 aromatic rings. The molecule has 1 aliphatic rings. The molecule has 0 N–H and O–H groups in total. The van der Waals surface area contributed by atoms with Crippen molar-refractivity contribution in [1.82, 2.24) is 4.90 Å². The maximum absolute atomic E-state index is 12.4. The predicted octanol–water partition coefficient (Wildman–Crippen LogP) is 2.62. The highest BCUT2D eigenvalue weighted by atomic mass is 79.9. The summed E-state index contributed by atoms with van der Waals surface area (Å²) in [5, 5.41) is 0. The van der Waals surface area contributed by atoms with Crippen molar-refractivity contribution in [2.45, 2.75) is 19.9 Å². The van der Waals surface area contributed by atoms with Crippen LogP contribution in [0.15, 0.2) is 22.7 Å². The van der Waals surface area contributed by atoms with Crippen LogP contribution in [-0.4, -0.2) is 36.6 Å². The molecule has 17 heavy (non-hydrogen) atoms. The van der Waals surface area contributed by atoms with Crippen molar-refractivity contribution in [2.24, 2.45) is 0 Å². The van der Waals surface area contributed by atoms with E-state index in [0.717, 1.165) is 15.6 Å². The zero-order valence-electron chi connectivity index (χ0n) is 10.1. The second-order valence-corrected chi connectivity index (χ2v) is 5.26. The van der Waals surface area contributed by atoms with E-state index >= 15 is 0 Å². The van der Waals surface area contributed by atoms with E-state index in [-0.39, 0.29) is 11.9 Å². The molecule has 1 heterocycles. The van der Waals surface area contributed by atoms with Gasteiger partial charge in [-0.2, -0.15) is 0 Å². The molecule has 0 aliphatic carbocycles. The lowest BCUT2D eigenvalue weighted by molar-refractivity contribution is 0.00354. The number of hydrogen-bond donors (Lipinski definition) is 0. The first-order valence-electron chi connectivity index (χ1n) is 5.74. The van der Waals surface area contributed by atoms with Gasteiger partial charge < -0.3 is 9.64 Å². The average molecular weight is 298 g/mol. The summed E-state index contributed by atoms with van der Waals surface area (Å²) in [6.07, 6.45) is 0. The number of ether oxygens (including phenoxy) is 1. The second-order valence-electron chi connectivity index (χ2n) is 4.41. The van der Waals surface area contributed by atoms with Gasteiger partial charge in [-0.1, -0.05) is 6.07 Å². The number of morpholine rings is 1. The van der Waals surface area contributed by atoms with Crippen LogP contribution in [0.5, 0.6) is 0 Å². The molecule has 0 bridgehead atoms. The molecule has 1 amide bonds. The van der Waals surface area contributed by atoms with Gasteiger partial charge in [-0.25, -0.2) is 0 Å². The van der Waals surface area contributed by atoms with Gasteiger partial charge in [0, 0.05) is 11.0 Å². The highest BCUT2D eigenvalue weighted by Crippen LogP contribution is 2.21.